The van der Waals surface area contributed by atoms with Crippen molar-refractivity contribution in [1.82, 2.24) is 14.8 Å². The number of carbonyl (C=O) groups is 1. The molecule has 0 atom stereocenters. The van der Waals surface area contributed by atoms with Crippen molar-refractivity contribution >= 4 is 17.8 Å². The smallest absolute Gasteiger partial charge is 0.275 e. The molecule has 2 aromatic carbocycles. The van der Waals surface area contributed by atoms with Gasteiger partial charge >= 0.3 is 0 Å². The summed E-state index contributed by atoms with van der Waals surface area (Å²) in [5, 5.41) is 13.8. The van der Waals surface area contributed by atoms with Gasteiger partial charge < -0.3 is 5.11 Å². The summed E-state index contributed by atoms with van der Waals surface area (Å²) in [7, 11) is 0. The first-order valence-electron chi connectivity index (χ1n) is 8.38. The summed E-state index contributed by atoms with van der Waals surface area (Å²) in [5.74, 6) is -0.579. The third kappa shape index (κ3) is 3.28. The molecule has 6 heteroatoms. The van der Waals surface area contributed by atoms with Crippen LogP contribution in [0.1, 0.15) is 16.1 Å². The Kier molecular flexibility index (Phi) is 4.37. The summed E-state index contributed by atoms with van der Waals surface area (Å²) < 4.78 is 1.90. The normalized spacial score (nSPS) is 11.1. The van der Waals surface area contributed by atoms with Crippen molar-refractivity contribution in [3.8, 4) is 17.0 Å². The van der Waals surface area contributed by atoms with Gasteiger partial charge in [0.05, 0.1) is 23.2 Å². The highest BCUT2D eigenvalue weighted by Gasteiger charge is 2.13. The Morgan fingerprint density at radius 3 is 2.56 bits per heavy atom. The fourth-order valence-corrected chi connectivity index (χ4v) is 2.82. The Balaban J connectivity index is 1.68. The Morgan fingerprint density at radius 2 is 1.74 bits per heavy atom. The molecular weight excluding hydrogens is 340 g/mol. The number of rotatable bonds is 4. The second-order valence-corrected chi connectivity index (χ2v) is 5.86. The molecule has 0 unspecified atom stereocenters. The molecule has 132 valence electrons. The van der Waals surface area contributed by atoms with E-state index in [1.807, 2.05) is 59.1 Å². The molecule has 6 nitrogen and oxygen atoms in total. The van der Waals surface area contributed by atoms with E-state index in [-0.39, 0.29) is 11.3 Å². The first-order valence-corrected chi connectivity index (χ1v) is 8.38. The number of aromatic nitrogens is 2. The number of imidazole rings is 1. The van der Waals surface area contributed by atoms with Crippen molar-refractivity contribution in [3.05, 3.63) is 90.3 Å². The molecule has 27 heavy (non-hydrogen) atoms. The van der Waals surface area contributed by atoms with E-state index in [0.29, 0.717) is 0 Å². The molecule has 0 radical (unpaired) electrons. The number of fused-ring (bicyclic) bond motifs is 1. The van der Waals surface area contributed by atoms with Gasteiger partial charge in [-0.1, -0.05) is 48.5 Å². The number of para-hydroxylation sites is 1. The topological polar surface area (TPSA) is 79.0 Å². The summed E-state index contributed by atoms with van der Waals surface area (Å²) in [5.41, 5.74) is 5.86. The van der Waals surface area contributed by atoms with E-state index in [1.165, 1.54) is 12.1 Å². The largest absolute Gasteiger partial charge is 0.507 e. The molecule has 2 aromatic heterocycles. The maximum absolute atomic E-state index is 12.2. The highest BCUT2D eigenvalue weighted by Crippen LogP contribution is 2.23. The zero-order chi connectivity index (χ0) is 18.6. The lowest BCUT2D eigenvalue weighted by Crippen LogP contribution is -2.17. The first-order chi connectivity index (χ1) is 13.2. The van der Waals surface area contributed by atoms with E-state index >= 15 is 0 Å². The quantitative estimate of drug-likeness (QED) is 0.434. The molecule has 0 saturated heterocycles. The molecule has 0 aliphatic rings. The zero-order valence-electron chi connectivity index (χ0n) is 14.3. The van der Waals surface area contributed by atoms with Gasteiger partial charge in [-0.05, 0) is 24.3 Å². The summed E-state index contributed by atoms with van der Waals surface area (Å²) in [4.78, 5) is 16.9. The minimum absolute atomic E-state index is 0.0926. The molecule has 1 amide bonds. The fraction of sp³-hybridized carbons (Fsp3) is 0. The van der Waals surface area contributed by atoms with Gasteiger partial charge in [-0.15, -0.1) is 0 Å². The predicted molar refractivity (Wildman–Crippen MR) is 104 cm³/mol. The first kappa shape index (κ1) is 16.5. The van der Waals surface area contributed by atoms with Crippen LogP contribution in [0, 0.1) is 0 Å². The van der Waals surface area contributed by atoms with Crippen LogP contribution < -0.4 is 5.43 Å². The molecule has 4 aromatic rings. The Hall–Kier alpha value is -3.93. The van der Waals surface area contributed by atoms with E-state index in [0.717, 1.165) is 22.6 Å². The second-order valence-electron chi connectivity index (χ2n) is 5.86. The molecule has 0 fully saturated rings. The Labute approximate surface area is 155 Å². The average Bonchev–Trinajstić information content (AvgIpc) is 3.08. The summed E-state index contributed by atoms with van der Waals surface area (Å²) in [6.07, 6.45) is 3.45. The van der Waals surface area contributed by atoms with Crippen LogP contribution in [-0.4, -0.2) is 26.6 Å². The maximum atomic E-state index is 12.2. The van der Waals surface area contributed by atoms with Gasteiger partial charge in [-0.25, -0.2) is 10.4 Å². The fourth-order valence-electron chi connectivity index (χ4n) is 2.82. The van der Waals surface area contributed by atoms with Crippen LogP contribution in [0.4, 0.5) is 0 Å². The minimum Gasteiger partial charge on any atom is -0.507 e. The summed E-state index contributed by atoms with van der Waals surface area (Å²) in [6.45, 7) is 0. The monoisotopic (exact) mass is 356 g/mol. The molecule has 0 aliphatic carbocycles. The van der Waals surface area contributed by atoms with Crippen LogP contribution >= 0.6 is 0 Å². The van der Waals surface area contributed by atoms with Crippen LogP contribution in [0.2, 0.25) is 0 Å². The third-order valence-electron chi connectivity index (χ3n) is 4.12. The lowest BCUT2D eigenvalue weighted by molar-refractivity contribution is 0.0952. The molecule has 0 aliphatic heterocycles. The molecule has 0 saturated carbocycles. The van der Waals surface area contributed by atoms with Gasteiger partial charge in [0.2, 0.25) is 0 Å². The van der Waals surface area contributed by atoms with Crippen LogP contribution in [0.3, 0.4) is 0 Å². The summed E-state index contributed by atoms with van der Waals surface area (Å²) in [6, 6.07) is 21.8. The van der Waals surface area contributed by atoms with Gasteiger partial charge in [0, 0.05) is 11.8 Å². The number of carbonyl (C=O) groups excluding carboxylic acids is 1. The number of amides is 1. The molecule has 2 N–H and O–H groups in total. The molecule has 2 heterocycles. The third-order valence-corrected chi connectivity index (χ3v) is 4.12. The van der Waals surface area contributed by atoms with Gasteiger partial charge in [0.15, 0.2) is 0 Å². The van der Waals surface area contributed by atoms with Crippen molar-refractivity contribution in [2.75, 3.05) is 0 Å². The van der Waals surface area contributed by atoms with Crippen molar-refractivity contribution in [2.45, 2.75) is 0 Å². The minimum atomic E-state index is -0.487. The lowest BCUT2D eigenvalue weighted by Gasteiger charge is -2.03. The van der Waals surface area contributed by atoms with Crippen LogP contribution in [0.5, 0.6) is 5.75 Å². The number of nitrogens with one attached hydrogen (secondary N) is 1. The zero-order valence-corrected chi connectivity index (χ0v) is 14.3. The molecule has 0 spiro atoms. The van der Waals surface area contributed by atoms with Crippen LogP contribution in [-0.2, 0) is 0 Å². The van der Waals surface area contributed by atoms with E-state index < -0.39 is 5.91 Å². The number of pyridine rings is 1. The highest BCUT2D eigenvalue weighted by molar-refractivity contribution is 5.97. The SMILES string of the molecule is O=C(N/N=C/c1c(-c2ccccc2)nc2ccccn12)c1ccccc1O. The highest BCUT2D eigenvalue weighted by atomic mass is 16.3. The number of phenols is 1. The van der Waals surface area contributed by atoms with E-state index in [1.54, 1.807) is 18.3 Å². The van der Waals surface area contributed by atoms with Gasteiger partial charge in [0.1, 0.15) is 11.4 Å². The van der Waals surface area contributed by atoms with Gasteiger partial charge in [-0.3, -0.25) is 9.20 Å². The van der Waals surface area contributed by atoms with Crippen molar-refractivity contribution < 1.29 is 9.90 Å². The van der Waals surface area contributed by atoms with E-state index in [4.69, 9.17) is 0 Å². The molecular formula is C21H16N4O2. The average molecular weight is 356 g/mol. The van der Waals surface area contributed by atoms with Crippen LogP contribution in [0.25, 0.3) is 16.9 Å². The number of hydrogen-bond acceptors (Lipinski definition) is 4. The van der Waals surface area contributed by atoms with E-state index in [9.17, 15) is 9.90 Å². The maximum Gasteiger partial charge on any atom is 0.275 e. The predicted octanol–water partition coefficient (Wildman–Crippen LogP) is 3.47. The number of hydrazone groups is 1. The van der Waals surface area contributed by atoms with Gasteiger partial charge in [0.25, 0.3) is 5.91 Å². The second kappa shape index (κ2) is 7.13. The number of phenolic OH excluding ortho intramolecular Hbond substituents is 1. The summed E-state index contributed by atoms with van der Waals surface area (Å²) >= 11 is 0. The van der Waals surface area contributed by atoms with Crippen molar-refractivity contribution in [2.24, 2.45) is 5.10 Å². The molecule has 4 rings (SSSR count). The number of benzene rings is 2. The van der Waals surface area contributed by atoms with E-state index in [2.05, 4.69) is 15.5 Å². The number of hydrogen-bond donors (Lipinski definition) is 2. The van der Waals surface area contributed by atoms with Crippen molar-refractivity contribution in [3.63, 3.8) is 0 Å². The number of aromatic hydroxyl groups is 1. The Morgan fingerprint density at radius 1 is 1.00 bits per heavy atom. The van der Waals surface area contributed by atoms with Crippen LogP contribution in [0.15, 0.2) is 84.1 Å². The van der Waals surface area contributed by atoms with Crippen molar-refractivity contribution in [1.29, 1.82) is 0 Å². The molecule has 0 bridgehead atoms. The Bertz CT molecular complexity index is 1130. The van der Waals surface area contributed by atoms with Gasteiger partial charge in [-0.2, -0.15) is 5.10 Å². The lowest BCUT2D eigenvalue weighted by atomic mass is 10.1. The number of nitrogens with zero attached hydrogens (tertiary/aromatic N) is 3. The standard InChI is InChI=1S/C21H16N4O2/c26-18-11-5-4-10-16(18)21(27)24-22-14-17-20(15-8-2-1-3-9-15)23-19-12-6-7-13-25(17)19/h1-14,26H,(H,24,27)/b22-14+.